The Labute approximate surface area is 198 Å². The smallest absolute Gasteiger partial charge is 0.242 e. The van der Waals surface area contributed by atoms with E-state index in [0.29, 0.717) is 46.0 Å². The third-order valence-corrected chi connectivity index (χ3v) is 5.68. The second-order valence-electron chi connectivity index (χ2n) is 7.09. The highest BCUT2D eigenvalue weighted by atomic mass is 35.5. The number of carbonyl (C=O) groups excluding carboxylic acids is 2. The van der Waals surface area contributed by atoms with Crippen molar-refractivity contribution in [3.63, 3.8) is 0 Å². The third kappa shape index (κ3) is 7.91. The summed E-state index contributed by atoms with van der Waals surface area (Å²) in [7, 11) is 0. The first-order valence-electron chi connectivity index (χ1n) is 10.2. The molecule has 0 spiro atoms. The van der Waals surface area contributed by atoms with Crippen molar-refractivity contribution in [2.24, 2.45) is 0 Å². The molecule has 0 radical (unpaired) electrons. The molecule has 0 unspecified atom stereocenters. The van der Waals surface area contributed by atoms with E-state index < -0.39 is 6.04 Å². The van der Waals surface area contributed by atoms with E-state index in [-0.39, 0.29) is 24.8 Å². The molecule has 0 bridgehead atoms. The van der Waals surface area contributed by atoms with Gasteiger partial charge in [0.05, 0.1) is 6.61 Å². The minimum absolute atomic E-state index is 0.149. The lowest BCUT2D eigenvalue weighted by Crippen LogP contribution is -2.47. The van der Waals surface area contributed by atoms with Gasteiger partial charge in [-0.05, 0) is 56.2 Å². The van der Waals surface area contributed by atoms with Crippen LogP contribution in [-0.4, -0.2) is 35.9 Å². The van der Waals surface area contributed by atoms with Crippen LogP contribution in [0.1, 0.15) is 38.7 Å². The number of hydrogen-bond donors (Lipinski definition) is 1. The number of nitrogens with one attached hydrogen (secondary N) is 1. The molecule has 8 heteroatoms. The third-order valence-electron chi connectivity index (χ3n) is 4.72. The summed E-state index contributed by atoms with van der Waals surface area (Å²) in [5, 5.41) is 4.38. The number of rotatable bonds is 11. The van der Waals surface area contributed by atoms with Crippen LogP contribution in [-0.2, 0) is 16.1 Å². The van der Waals surface area contributed by atoms with Crippen LogP contribution in [0, 0.1) is 0 Å². The van der Waals surface area contributed by atoms with Gasteiger partial charge >= 0.3 is 0 Å². The molecule has 0 aliphatic rings. The van der Waals surface area contributed by atoms with Crippen molar-refractivity contribution in [3.05, 3.63) is 63.1 Å². The first-order valence-corrected chi connectivity index (χ1v) is 11.3. The van der Waals surface area contributed by atoms with Gasteiger partial charge in [0.1, 0.15) is 11.8 Å². The van der Waals surface area contributed by atoms with Gasteiger partial charge in [-0.25, -0.2) is 0 Å². The molecule has 0 aromatic heterocycles. The molecule has 168 valence electrons. The zero-order chi connectivity index (χ0) is 22.8. The Morgan fingerprint density at radius 2 is 1.71 bits per heavy atom. The van der Waals surface area contributed by atoms with Crippen LogP contribution in [0.15, 0.2) is 42.5 Å². The first-order chi connectivity index (χ1) is 14.8. The second kappa shape index (κ2) is 12.8. The second-order valence-corrected chi connectivity index (χ2v) is 8.35. The van der Waals surface area contributed by atoms with Gasteiger partial charge in [-0.1, -0.05) is 47.8 Å². The van der Waals surface area contributed by atoms with Crippen molar-refractivity contribution in [3.8, 4) is 5.75 Å². The van der Waals surface area contributed by atoms with E-state index in [1.165, 1.54) is 4.90 Å². The SMILES string of the molecule is CCCNC(=O)[C@@H](C)N(Cc1c(Cl)cccc1Cl)C(=O)CCCOc1ccc(Cl)cc1. The molecule has 2 aromatic rings. The summed E-state index contributed by atoms with van der Waals surface area (Å²) in [5.41, 5.74) is 0.617. The van der Waals surface area contributed by atoms with Crippen molar-refractivity contribution in [1.82, 2.24) is 10.2 Å². The topological polar surface area (TPSA) is 58.6 Å². The van der Waals surface area contributed by atoms with Gasteiger partial charge in [-0.3, -0.25) is 9.59 Å². The molecule has 0 aliphatic carbocycles. The van der Waals surface area contributed by atoms with Gasteiger partial charge in [0, 0.05) is 40.1 Å². The average molecular weight is 486 g/mol. The monoisotopic (exact) mass is 484 g/mol. The van der Waals surface area contributed by atoms with E-state index in [2.05, 4.69) is 5.32 Å². The molecule has 0 fully saturated rings. The van der Waals surface area contributed by atoms with Crippen LogP contribution < -0.4 is 10.1 Å². The Kier molecular flexibility index (Phi) is 10.4. The molecule has 31 heavy (non-hydrogen) atoms. The lowest BCUT2D eigenvalue weighted by atomic mass is 10.1. The standard InChI is InChI=1S/C23H27Cl3N2O3/c1-3-13-27-23(30)16(2)28(15-19-20(25)6-4-7-21(19)26)22(29)8-5-14-31-18-11-9-17(24)10-12-18/h4,6-7,9-12,16H,3,5,8,13-15H2,1-2H3,(H,27,30)/t16-/m1/s1. The van der Waals surface area contributed by atoms with Crippen molar-refractivity contribution in [2.45, 2.75) is 45.7 Å². The van der Waals surface area contributed by atoms with Crippen LogP contribution in [0.2, 0.25) is 15.1 Å². The summed E-state index contributed by atoms with van der Waals surface area (Å²) < 4.78 is 5.66. The average Bonchev–Trinajstić information content (AvgIpc) is 2.75. The van der Waals surface area contributed by atoms with Crippen LogP contribution in [0.5, 0.6) is 5.75 Å². The minimum atomic E-state index is -0.663. The Morgan fingerprint density at radius 3 is 2.32 bits per heavy atom. The zero-order valence-electron chi connectivity index (χ0n) is 17.7. The predicted molar refractivity (Wildman–Crippen MR) is 126 cm³/mol. The number of carbonyl (C=O) groups is 2. The molecule has 0 saturated heterocycles. The van der Waals surface area contributed by atoms with Crippen molar-refractivity contribution < 1.29 is 14.3 Å². The Balaban J connectivity index is 2.04. The molecule has 2 aromatic carbocycles. The van der Waals surface area contributed by atoms with Crippen molar-refractivity contribution in [1.29, 1.82) is 0 Å². The Morgan fingerprint density at radius 1 is 1.06 bits per heavy atom. The maximum Gasteiger partial charge on any atom is 0.242 e. The molecule has 2 amide bonds. The first kappa shape index (κ1) is 25.3. The summed E-state index contributed by atoms with van der Waals surface area (Å²) in [6.45, 7) is 4.74. The maximum atomic E-state index is 13.0. The van der Waals surface area contributed by atoms with Gasteiger partial charge in [-0.2, -0.15) is 0 Å². The summed E-state index contributed by atoms with van der Waals surface area (Å²) in [5.74, 6) is 0.300. The van der Waals surface area contributed by atoms with Gasteiger partial charge < -0.3 is 15.0 Å². The van der Waals surface area contributed by atoms with Crippen molar-refractivity contribution >= 4 is 46.6 Å². The number of benzene rings is 2. The molecule has 0 saturated carbocycles. The molecular weight excluding hydrogens is 459 g/mol. The van der Waals surface area contributed by atoms with Gasteiger partial charge in [0.15, 0.2) is 0 Å². The number of ether oxygens (including phenoxy) is 1. The normalized spacial score (nSPS) is 11.6. The fraction of sp³-hybridized carbons (Fsp3) is 0.391. The Bertz CT molecular complexity index is 855. The summed E-state index contributed by atoms with van der Waals surface area (Å²) in [4.78, 5) is 27.1. The van der Waals surface area contributed by atoms with E-state index in [0.717, 1.165) is 6.42 Å². The Hall–Kier alpha value is -1.95. The molecular formula is C23H27Cl3N2O3. The maximum absolute atomic E-state index is 13.0. The van der Waals surface area contributed by atoms with E-state index in [1.807, 2.05) is 6.92 Å². The number of hydrogen-bond acceptors (Lipinski definition) is 3. The zero-order valence-corrected chi connectivity index (χ0v) is 19.9. The largest absolute Gasteiger partial charge is 0.494 e. The van der Waals surface area contributed by atoms with E-state index in [1.54, 1.807) is 49.4 Å². The van der Waals surface area contributed by atoms with Crippen LogP contribution in [0.25, 0.3) is 0 Å². The van der Waals surface area contributed by atoms with Crippen LogP contribution in [0.4, 0.5) is 0 Å². The fourth-order valence-corrected chi connectivity index (χ4v) is 3.56. The van der Waals surface area contributed by atoms with Gasteiger partial charge in [0.25, 0.3) is 0 Å². The minimum Gasteiger partial charge on any atom is -0.494 e. The van der Waals surface area contributed by atoms with E-state index in [4.69, 9.17) is 39.5 Å². The van der Waals surface area contributed by atoms with Crippen molar-refractivity contribution in [2.75, 3.05) is 13.2 Å². The summed E-state index contributed by atoms with van der Waals surface area (Å²) >= 11 is 18.5. The molecule has 1 N–H and O–H groups in total. The molecule has 1 atom stereocenters. The highest BCUT2D eigenvalue weighted by Crippen LogP contribution is 2.27. The lowest BCUT2D eigenvalue weighted by molar-refractivity contribution is -0.140. The number of halogens is 3. The number of nitrogens with zero attached hydrogens (tertiary/aromatic N) is 1. The highest BCUT2D eigenvalue weighted by Gasteiger charge is 2.27. The molecule has 0 aliphatic heterocycles. The summed E-state index contributed by atoms with van der Waals surface area (Å²) in [6, 6.07) is 11.5. The van der Waals surface area contributed by atoms with Crippen LogP contribution >= 0.6 is 34.8 Å². The van der Waals surface area contributed by atoms with Gasteiger partial charge in [-0.15, -0.1) is 0 Å². The van der Waals surface area contributed by atoms with Crippen LogP contribution in [0.3, 0.4) is 0 Å². The molecule has 2 rings (SSSR count). The van der Waals surface area contributed by atoms with E-state index in [9.17, 15) is 9.59 Å². The lowest BCUT2D eigenvalue weighted by Gasteiger charge is -2.29. The molecule has 0 heterocycles. The predicted octanol–water partition coefficient (Wildman–Crippen LogP) is 5.75. The quantitative estimate of drug-likeness (QED) is 0.412. The highest BCUT2D eigenvalue weighted by molar-refractivity contribution is 6.36. The summed E-state index contributed by atoms with van der Waals surface area (Å²) in [6.07, 6.45) is 1.53. The number of amides is 2. The van der Waals surface area contributed by atoms with E-state index >= 15 is 0 Å². The fourth-order valence-electron chi connectivity index (χ4n) is 2.92. The molecule has 5 nitrogen and oxygen atoms in total. The van der Waals surface area contributed by atoms with Gasteiger partial charge in [0.2, 0.25) is 11.8 Å².